The van der Waals surface area contributed by atoms with Crippen LogP contribution in [0.1, 0.15) is 41.6 Å². The van der Waals surface area contributed by atoms with Gasteiger partial charge in [0, 0.05) is 23.0 Å². The third-order valence-electron chi connectivity index (χ3n) is 4.99. The zero-order chi connectivity index (χ0) is 18.5. The van der Waals surface area contributed by atoms with Crippen LogP contribution in [0.3, 0.4) is 0 Å². The topological polar surface area (TPSA) is 45.2 Å². The Bertz CT molecular complexity index is 732. The zero-order valence-electron chi connectivity index (χ0n) is 16.0. The van der Waals surface area contributed by atoms with Crippen LogP contribution in [-0.4, -0.2) is 41.5 Å². The number of nitrogens with one attached hydrogen (secondary N) is 1. The van der Waals surface area contributed by atoms with E-state index in [-0.39, 0.29) is 11.9 Å². The summed E-state index contributed by atoms with van der Waals surface area (Å²) in [5.41, 5.74) is 3.27. The first kappa shape index (κ1) is 19.1. The Hall–Kier alpha value is -1.72. The molecule has 0 aliphatic carbocycles. The van der Waals surface area contributed by atoms with Crippen molar-refractivity contribution in [1.82, 2.24) is 15.2 Å². The number of thiazole rings is 1. The van der Waals surface area contributed by atoms with E-state index in [1.165, 1.54) is 18.4 Å². The number of carbonyl (C=O) groups excluding carboxylic acids is 1. The van der Waals surface area contributed by atoms with Crippen LogP contribution in [0, 0.1) is 13.8 Å². The van der Waals surface area contributed by atoms with Crippen LogP contribution in [0.5, 0.6) is 0 Å². The highest BCUT2D eigenvalue weighted by Gasteiger charge is 2.20. The van der Waals surface area contributed by atoms with Gasteiger partial charge in [-0.15, -0.1) is 11.3 Å². The van der Waals surface area contributed by atoms with Crippen molar-refractivity contribution in [3.63, 3.8) is 0 Å². The van der Waals surface area contributed by atoms with Gasteiger partial charge in [0.1, 0.15) is 0 Å². The molecule has 1 fully saturated rings. The lowest BCUT2D eigenvalue weighted by Gasteiger charge is -2.23. The Kier molecular flexibility index (Phi) is 6.43. The van der Waals surface area contributed by atoms with Gasteiger partial charge in [-0.2, -0.15) is 0 Å². The molecular formula is C21H29N3OS. The molecule has 1 aliphatic heterocycles. The number of carbonyl (C=O) groups is 1. The average molecular weight is 372 g/mol. The second kappa shape index (κ2) is 8.78. The van der Waals surface area contributed by atoms with Crippen LogP contribution >= 0.6 is 11.3 Å². The van der Waals surface area contributed by atoms with Gasteiger partial charge in [-0.1, -0.05) is 36.8 Å². The Balaban J connectivity index is 1.66. The van der Waals surface area contributed by atoms with Gasteiger partial charge in [-0.25, -0.2) is 4.98 Å². The first-order chi connectivity index (χ1) is 12.5. The van der Waals surface area contributed by atoms with Gasteiger partial charge >= 0.3 is 0 Å². The molecule has 1 atom stereocenters. The van der Waals surface area contributed by atoms with Crippen LogP contribution in [0.25, 0.3) is 11.3 Å². The van der Waals surface area contributed by atoms with E-state index in [1.807, 2.05) is 6.92 Å². The predicted molar refractivity (Wildman–Crippen MR) is 109 cm³/mol. The van der Waals surface area contributed by atoms with E-state index < -0.39 is 0 Å². The Morgan fingerprint density at radius 1 is 1.23 bits per heavy atom. The third kappa shape index (κ3) is 4.92. The number of aryl methyl sites for hydroxylation is 2. The molecule has 140 valence electrons. The average Bonchev–Trinajstić information content (AvgIpc) is 3.24. The smallest absolute Gasteiger partial charge is 0.225 e. The Labute approximate surface area is 160 Å². The van der Waals surface area contributed by atoms with Gasteiger partial charge in [0.05, 0.1) is 17.1 Å². The fraction of sp³-hybridized carbons (Fsp3) is 0.524. The summed E-state index contributed by atoms with van der Waals surface area (Å²) in [4.78, 5) is 20.8. The number of hydrogen-bond acceptors (Lipinski definition) is 4. The summed E-state index contributed by atoms with van der Waals surface area (Å²) in [6, 6.07) is 8.60. The van der Waals surface area contributed by atoms with Crippen LogP contribution in [0.15, 0.2) is 24.3 Å². The minimum atomic E-state index is 0.105. The molecule has 3 rings (SSSR count). The summed E-state index contributed by atoms with van der Waals surface area (Å²) in [7, 11) is 0. The van der Waals surface area contributed by atoms with E-state index in [2.05, 4.69) is 53.3 Å². The lowest BCUT2D eigenvalue weighted by Crippen LogP contribution is -2.43. The van der Waals surface area contributed by atoms with Gasteiger partial charge in [0.25, 0.3) is 0 Å². The predicted octanol–water partition coefficient (Wildman–Crippen LogP) is 3.96. The molecule has 2 heterocycles. The highest BCUT2D eigenvalue weighted by Crippen LogP contribution is 2.28. The van der Waals surface area contributed by atoms with E-state index in [1.54, 1.807) is 11.3 Å². The van der Waals surface area contributed by atoms with Crippen molar-refractivity contribution in [2.45, 2.75) is 52.5 Å². The summed E-state index contributed by atoms with van der Waals surface area (Å²) in [6.07, 6.45) is 3.94. The molecule has 1 aromatic heterocycles. The summed E-state index contributed by atoms with van der Waals surface area (Å²) in [5, 5.41) is 4.24. The van der Waals surface area contributed by atoms with Gasteiger partial charge in [-0.3, -0.25) is 4.79 Å². The minimum Gasteiger partial charge on any atom is -0.352 e. The Morgan fingerprint density at radius 3 is 2.58 bits per heavy atom. The van der Waals surface area contributed by atoms with E-state index >= 15 is 0 Å². The summed E-state index contributed by atoms with van der Waals surface area (Å²) < 4.78 is 0. The number of hydrogen-bond donors (Lipinski definition) is 1. The van der Waals surface area contributed by atoms with Gasteiger partial charge in [-0.05, 0) is 46.2 Å². The molecule has 4 nitrogen and oxygen atoms in total. The summed E-state index contributed by atoms with van der Waals surface area (Å²) in [6.45, 7) is 9.53. The third-order valence-corrected chi connectivity index (χ3v) is 5.96. The van der Waals surface area contributed by atoms with Crippen LogP contribution < -0.4 is 5.32 Å². The van der Waals surface area contributed by atoms with Gasteiger partial charge in [0.15, 0.2) is 0 Å². The van der Waals surface area contributed by atoms with Crippen molar-refractivity contribution in [2.24, 2.45) is 0 Å². The number of amides is 1. The number of rotatable bonds is 7. The lowest BCUT2D eigenvalue weighted by atomic mass is 10.1. The van der Waals surface area contributed by atoms with E-state index in [0.29, 0.717) is 6.42 Å². The van der Waals surface area contributed by atoms with Crippen LogP contribution in [0.4, 0.5) is 0 Å². The fourth-order valence-electron chi connectivity index (χ4n) is 3.50. The molecule has 26 heavy (non-hydrogen) atoms. The number of nitrogens with zero attached hydrogens (tertiary/aromatic N) is 2. The lowest BCUT2D eigenvalue weighted by molar-refractivity contribution is -0.121. The first-order valence-electron chi connectivity index (χ1n) is 9.60. The van der Waals surface area contributed by atoms with E-state index in [0.717, 1.165) is 47.2 Å². The molecule has 0 saturated carbocycles. The Morgan fingerprint density at radius 2 is 1.92 bits per heavy atom. The van der Waals surface area contributed by atoms with Crippen LogP contribution in [-0.2, 0) is 11.2 Å². The molecule has 1 N–H and O–H groups in total. The maximum Gasteiger partial charge on any atom is 0.225 e. The second-order valence-electron chi connectivity index (χ2n) is 7.23. The highest BCUT2D eigenvalue weighted by molar-refractivity contribution is 7.12. The van der Waals surface area contributed by atoms with Gasteiger partial charge in [0.2, 0.25) is 5.91 Å². The molecule has 0 unspecified atom stereocenters. The maximum absolute atomic E-state index is 12.7. The van der Waals surface area contributed by atoms with Crippen molar-refractivity contribution in [1.29, 1.82) is 0 Å². The molecule has 1 amide bonds. The zero-order valence-corrected chi connectivity index (χ0v) is 16.9. The monoisotopic (exact) mass is 371 g/mol. The highest BCUT2D eigenvalue weighted by atomic mass is 32.1. The van der Waals surface area contributed by atoms with E-state index in [4.69, 9.17) is 0 Å². The molecule has 0 bridgehead atoms. The van der Waals surface area contributed by atoms with Crippen molar-refractivity contribution >= 4 is 17.2 Å². The minimum absolute atomic E-state index is 0.105. The van der Waals surface area contributed by atoms with Crippen LogP contribution in [0.2, 0.25) is 0 Å². The fourth-order valence-corrected chi connectivity index (χ4v) is 4.46. The molecule has 1 aromatic carbocycles. The molecule has 1 aliphatic rings. The van der Waals surface area contributed by atoms with Crippen molar-refractivity contribution in [3.8, 4) is 11.3 Å². The molecule has 2 aromatic rings. The van der Waals surface area contributed by atoms with Crippen molar-refractivity contribution in [2.75, 3.05) is 19.6 Å². The SMILES string of the molecule is CC[C@@H](CN1CCCC1)NC(=O)Cc1sc(C)nc1-c1ccc(C)cc1. The number of benzene rings is 1. The van der Waals surface area contributed by atoms with Crippen molar-refractivity contribution < 1.29 is 4.79 Å². The molecule has 0 radical (unpaired) electrons. The summed E-state index contributed by atoms with van der Waals surface area (Å²) in [5.74, 6) is 0.105. The molecule has 1 saturated heterocycles. The van der Waals surface area contributed by atoms with E-state index in [9.17, 15) is 4.79 Å². The quantitative estimate of drug-likeness (QED) is 0.801. The van der Waals surface area contributed by atoms with Gasteiger partial charge < -0.3 is 10.2 Å². The normalized spacial score (nSPS) is 16.0. The second-order valence-corrected chi connectivity index (χ2v) is 8.52. The largest absolute Gasteiger partial charge is 0.352 e. The molecular weight excluding hydrogens is 342 g/mol. The number of likely N-dealkylation sites (tertiary alicyclic amines) is 1. The molecule has 0 spiro atoms. The van der Waals surface area contributed by atoms with Crippen molar-refractivity contribution in [3.05, 3.63) is 39.7 Å². The standard InChI is InChI=1S/C21H29N3OS/c1-4-18(14-24-11-5-6-12-24)23-20(25)13-19-21(22-16(3)26-19)17-9-7-15(2)8-10-17/h7-10,18H,4-6,11-14H2,1-3H3,(H,23,25)/t18-/m0/s1. The molecule has 5 heteroatoms. The first-order valence-corrected chi connectivity index (χ1v) is 10.4. The maximum atomic E-state index is 12.7. The number of aromatic nitrogens is 1. The summed E-state index contributed by atoms with van der Waals surface area (Å²) >= 11 is 1.63.